The fraction of sp³-hybridized carbons (Fsp3) is 0.368. The number of benzene rings is 1. The number of nitrogens with zero attached hydrogens (tertiary/aromatic N) is 4. The van der Waals surface area contributed by atoms with Crippen molar-refractivity contribution in [3.8, 4) is 0 Å². The predicted octanol–water partition coefficient (Wildman–Crippen LogP) is 3.99. The van der Waals surface area contributed by atoms with Gasteiger partial charge in [0.25, 0.3) is 5.56 Å². The molecular formula is C19H21Cl2N5O2. The summed E-state index contributed by atoms with van der Waals surface area (Å²) in [6, 6.07) is 5.00. The van der Waals surface area contributed by atoms with Crippen LogP contribution < -0.4 is 10.9 Å². The van der Waals surface area contributed by atoms with E-state index in [1.165, 1.54) is 10.8 Å². The highest BCUT2D eigenvalue weighted by molar-refractivity contribution is 6.43. The van der Waals surface area contributed by atoms with Gasteiger partial charge in [0, 0.05) is 13.0 Å². The van der Waals surface area contributed by atoms with Crippen LogP contribution in [-0.4, -0.2) is 25.2 Å². The lowest BCUT2D eigenvalue weighted by Crippen LogP contribution is -2.28. The third-order valence-electron chi connectivity index (χ3n) is 4.30. The molecule has 0 fully saturated rings. The molecular weight excluding hydrogens is 401 g/mol. The minimum Gasteiger partial charge on any atom is -0.325 e. The van der Waals surface area contributed by atoms with Crippen molar-refractivity contribution in [1.82, 2.24) is 19.3 Å². The summed E-state index contributed by atoms with van der Waals surface area (Å²) < 4.78 is 3.21. The molecule has 9 heteroatoms. The lowest BCUT2D eigenvalue weighted by molar-refractivity contribution is -0.116. The Balaban J connectivity index is 1.82. The van der Waals surface area contributed by atoms with Crippen molar-refractivity contribution in [2.75, 3.05) is 5.32 Å². The molecule has 0 saturated carbocycles. The van der Waals surface area contributed by atoms with Gasteiger partial charge in [-0.1, -0.05) is 29.3 Å². The normalized spacial score (nSPS) is 11.8. The SMILES string of the molecule is Cc1nc2c(cnn2C(C)(C)C)c(=O)n1CCC(=O)Nc1cccc(Cl)c1Cl. The summed E-state index contributed by atoms with van der Waals surface area (Å²) in [7, 11) is 0. The second-order valence-corrected chi connectivity index (χ2v) is 8.27. The maximum absolute atomic E-state index is 12.9. The number of carbonyl (C=O) groups excluding carboxylic acids is 1. The summed E-state index contributed by atoms with van der Waals surface area (Å²) in [5.74, 6) is 0.248. The van der Waals surface area contributed by atoms with Crippen LogP contribution in [0.4, 0.5) is 5.69 Å². The molecule has 0 atom stereocenters. The van der Waals surface area contributed by atoms with Gasteiger partial charge in [0.1, 0.15) is 11.2 Å². The third-order valence-corrected chi connectivity index (χ3v) is 5.12. The number of aromatic nitrogens is 4. The predicted molar refractivity (Wildman–Crippen MR) is 111 cm³/mol. The molecule has 1 amide bonds. The molecule has 1 N–H and O–H groups in total. The third kappa shape index (κ3) is 3.91. The van der Waals surface area contributed by atoms with Crippen molar-refractivity contribution >= 4 is 45.8 Å². The summed E-state index contributed by atoms with van der Waals surface area (Å²) in [4.78, 5) is 29.7. The maximum Gasteiger partial charge on any atom is 0.264 e. The van der Waals surface area contributed by atoms with Crippen molar-refractivity contribution in [2.45, 2.75) is 46.2 Å². The Morgan fingerprint density at radius 3 is 2.64 bits per heavy atom. The largest absolute Gasteiger partial charge is 0.325 e. The van der Waals surface area contributed by atoms with E-state index in [2.05, 4.69) is 15.4 Å². The Morgan fingerprint density at radius 1 is 1.25 bits per heavy atom. The van der Waals surface area contributed by atoms with E-state index < -0.39 is 0 Å². The zero-order valence-electron chi connectivity index (χ0n) is 16.1. The highest BCUT2D eigenvalue weighted by Gasteiger charge is 2.21. The second-order valence-electron chi connectivity index (χ2n) is 7.48. The highest BCUT2D eigenvalue weighted by Crippen LogP contribution is 2.29. The second kappa shape index (κ2) is 7.56. The molecule has 0 unspecified atom stereocenters. The number of fused-ring (bicyclic) bond motifs is 1. The van der Waals surface area contributed by atoms with Gasteiger partial charge in [0.05, 0.1) is 27.5 Å². The number of aryl methyl sites for hydroxylation is 1. The van der Waals surface area contributed by atoms with Gasteiger partial charge in [-0.15, -0.1) is 0 Å². The van der Waals surface area contributed by atoms with Crippen LogP contribution in [0.15, 0.2) is 29.2 Å². The topological polar surface area (TPSA) is 81.8 Å². The quantitative estimate of drug-likeness (QED) is 0.689. The van der Waals surface area contributed by atoms with E-state index in [4.69, 9.17) is 23.2 Å². The highest BCUT2D eigenvalue weighted by atomic mass is 35.5. The average Bonchev–Trinajstić information content (AvgIpc) is 3.03. The van der Waals surface area contributed by atoms with E-state index >= 15 is 0 Å². The smallest absolute Gasteiger partial charge is 0.264 e. The van der Waals surface area contributed by atoms with Crippen LogP contribution in [-0.2, 0) is 16.9 Å². The Kier molecular flexibility index (Phi) is 5.50. The van der Waals surface area contributed by atoms with Crippen LogP contribution in [0.5, 0.6) is 0 Å². The van der Waals surface area contributed by atoms with Crippen molar-refractivity contribution in [2.24, 2.45) is 0 Å². The fourth-order valence-corrected chi connectivity index (χ4v) is 3.23. The first-order valence-corrected chi connectivity index (χ1v) is 9.54. The molecule has 148 valence electrons. The fourth-order valence-electron chi connectivity index (χ4n) is 2.89. The van der Waals surface area contributed by atoms with Crippen LogP contribution >= 0.6 is 23.2 Å². The molecule has 0 bridgehead atoms. The van der Waals surface area contributed by atoms with Crippen LogP contribution in [0.1, 0.15) is 33.0 Å². The van der Waals surface area contributed by atoms with E-state index in [1.54, 1.807) is 29.8 Å². The van der Waals surface area contributed by atoms with Crippen LogP contribution in [0.3, 0.4) is 0 Å². The molecule has 2 aromatic heterocycles. The first-order valence-electron chi connectivity index (χ1n) is 8.79. The van der Waals surface area contributed by atoms with Gasteiger partial charge in [-0.3, -0.25) is 14.2 Å². The Bertz CT molecular complexity index is 1110. The van der Waals surface area contributed by atoms with Gasteiger partial charge in [-0.05, 0) is 39.8 Å². The molecule has 0 radical (unpaired) electrons. The van der Waals surface area contributed by atoms with Crippen molar-refractivity contribution < 1.29 is 4.79 Å². The first kappa shape index (κ1) is 20.4. The summed E-state index contributed by atoms with van der Waals surface area (Å²) in [5.41, 5.74) is 0.465. The average molecular weight is 422 g/mol. The van der Waals surface area contributed by atoms with Crippen molar-refractivity contribution in [3.05, 3.63) is 50.6 Å². The van der Waals surface area contributed by atoms with E-state index in [0.29, 0.717) is 27.6 Å². The van der Waals surface area contributed by atoms with Gasteiger partial charge < -0.3 is 5.32 Å². The molecule has 7 nitrogen and oxygen atoms in total. The maximum atomic E-state index is 12.9. The summed E-state index contributed by atoms with van der Waals surface area (Å²) in [5, 5.41) is 8.10. The number of anilines is 1. The lowest BCUT2D eigenvalue weighted by Gasteiger charge is -2.20. The number of hydrogen-bond acceptors (Lipinski definition) is 4. The molecule has 28 heavy (non-hydrogen) atoms. The molecule has 1 aromatic carbocycles. The summed E-state index contributed by atoms with van der Waals surface area (Å²) in [6.45, 7) is 7.92. The molecule has 0 spiro atoms. The molecule has 2 heterocycles. The summed E-state index contributed by atoms with van der Waals surface area (Å²) >= 11 is 12.0. The van der Waals surface area contributed by atoms with Gasteiger partial charge in [0.15, 0.2) is 5.65 Å². The molecule has 3 rings (SSSR count). The number of carbonyl (C=O) groups is 1. The minimum absolute atomic E-state index is 0.0875. The number of rotatable bonds is 4. The Hall–Kier alpha value is -2.38. The van der Waals surface area contributed by atoms with Crippen molar-refractivity contribution in [3.63, 3.8) is 0 Å². The molecule has 0 aliphatic rings. The van der Waals surface area contributed by atoms with E-state index in [1.807, 2.05) is 20.8 Å². The monoisotopic (exact) mass is 421 g/mol. The van der Waals surface area contributed by atoms with Crippen LogP contribution in [0.25, 0.3) is 11.0 Å². The zero-order chi connectivity index (χ0) is 20.6. The number of nitrogens with one attached hydrogen (secondary N) is 1. The molecule has 0 saturated heterocycles. The van der Waals surface area contributed by atoms with Gasteiger partial charge in [-0.25, -0.2) is 9.67 Å². The van der Waals surface area contributed by atoms with Gasteiger partial charge in [0.2, 0.25) is 5.91 Å². The van der Waals surface area contributed by atoms with E-state index in [-0.39, 0.29) is 35.0 Å². The van der Waals surface area contributed by atoms with Crippen LogP contribution in [0, 0.1) is 6.92 Å². The molecule has 0 aliphatic heterocycles. The van der Waals surface area contributed by atoms with E-state index in [9.17, 15) is 9.59 Å². The zero-order valence-corrected chi connectivity index (χ0v) is 17.6. The lowest BCUT2D eigenvalue weighted by atomic mass is 10.1. The van der Waals surface area contributed by atoms with E-state index in [0.717, 1.165) is 0 Å². The minimum atomic E-state index is -0.296. The number of hydrogen-bond donors (Lipinski definition) is 1. The van der Waals surface area contributed by atoms with Gasteiger partial charge >= 0.3 is 0 Å². The van der Waals surface area contributed by atoms with Crippen molar-refractivity contribution in [1.29, 1.82) is 0 Å². The van der Waals surface area contributed by atoms with Crippen LogP contribution in [0.2, 0.25) is 10.0 Å². The first-order chi connectivity index (χ1) is 13.1. The Morgan fingerprint density at radius 2 is 1.96 bits per heavy atom. The number of halogens is 2. The standard InChI is InChI=1S/C19H21Cl2N5O2/c1-11-23-17-12(10-22-26(17)19(2,3)4)18(28)25(11)9-8-15(27)24-14-7-5-6-13(20)16(14)21/h5-7,10H,8-9H2,1-4H3,(H,24,27). The van der Waals surface area contributed by atoms with Gasteiger partial charge in [-0.2, -0.15) is 5.10 Å². The Labute approximate surface area is 172 Å². The molecule has 0 aliphatic carbocycles. The molecule has 3 aromatic rings. The summed E-state index contributed by atoms with van der Waals surface area (Å²) in [6.07, 6.45) is 1.61. The number of amides is 1.